The molecule has 0 amide bonds. The van der Waals surface area contributed by atoms with Gasteiger partial charge in [-0.05, 0) is 24.1 Å². The topological polar surface area (TPSA) is 26.0 Å². The van der Waals surface area contributed by atoms with Crippen LogP contribution in [0.3, 0.4) is 0 Å². The minimum atomic E-state index is -4.27. The third-order valence-corrected chi connectivity index (χ3v) is 2.04. The van der Waals surface area contributed by atoms with Crippen molar-refractivity contribution in [3.05, 3.63) is 35.4 Å². The van der Waals surface area contributed by atoms with Gasteiger partial charge in [-0.1, -0.05) is 28.1 Å². The van der Waals surface area contributed by atoms with E-state index in [-0.39, 0.29) is 4.95 Å². The van der Waals surface area contributed by atoms with E-state index in [2.05, 4.69) is 15.9 Å². The van der Waals surface area contributed by atoms with Crippen molar-refractivity contribution < 1.29 is 13.2 Å². The lowest BCUT2D eigenvalue weighted by molar-refractivity contribution is -0.137. The molecule has 0 saturated carbocycles. The Morgan fingerprint density at radius 1 is 1.21 bits per heavy atom. The number of rotatable bonds is 2. The van der Waals surface area contributed by atoms with Crippen LogP contribution < -0.4 is 5.73 Å². The van der Waals surface area contributed by atoms with Gasteiger partial charge in [0, 0.05) is 0 Å². The van der Waals surface area contributed by atoms with Crippen molar-refractivity contribution in [3.63, 3.8) is 0 Å². The average molecular weight is 268 g/mol. The second-order valence-electron chi connectivity index (χ2n) is 2.91. The number of alkyl halides is 4. The van der Waals surface area contributed by atoms with Crippen LogP contribution in [0.15, 0.2) is 24.3 Å². The molecule has 1 unspecified atom stereocenters. The van der Waals surface area contributed by atoms with Crippen molar-refractivity contribution in [2.24, 2.45) is 5.73 Å². The Hall–Kier alpha value is -0.550. The molecule has 1 atom stereocenters. The lowest BCUT2D eigenvalue weighted by Gasteiger charge is -2.08. The molecule has 1 aromatic rings. The molecule has 0 heterocycles. The predicted octanol–water partition coefficient (Wildman–Crippen LogP) is 2.93. The van der Waals surface area contributed by atoms with E-state index in [9.17, 15) is 13.2 Å². The Morgan fingerprint density at radius 3 is 2.07 bits per heavy atom. The van der Waals surface area contributed by atoms with Gasteiger partial charge < -0.3 is 5.73 Å². The normalized spacial score (nSPS) is 14.1. The molecule has 0 fully saturated rings. The molecule has 0 aliphatic rings. The summed E-state index contributed by atoms with van der Waals surface area (Å²) < 4.78 is 36.4. The highest BCUT2D eigenvalue weighted by Gasteiger charge is 2.29. The van der Waals surface area contributed by atoms with E-state index in [0.717, 1.165) is 17.7 Å². The molecule has 0 radical (unpaired) electrons. The fraction of sp³-hybridized carbons (Fsp3) is 0.333. The number of hydrogen-bond donors (Lipinski definition) is 1. The van der Waals surface area contributed by atoms with Crippen LogP contribution in [0.2, 0.25) is 0 Å². The molecule has 1 nitrogen and oxygen atoms in total. The molecule has 2 N–H and O–H groups in total. The lowest BCUT2D eigenvalue weighted by Crippen LogP contribution is -2.14. The van der Waals surface area contributed by atoms with Crippen molar-refractivity contribution >= 4 is 15.9 Å². The predicted molar refractivity (Wildman–Crippen MR) is 52.1 cm³/mol. The van der Waals surface area contributed by atoms with Crippen molar-refractivity contribution in [1.29, 1.82) is 0 Å². The van der Waals surface area contributed by atoms with Gasteiger partial charge in [0.2, 0.25) is 0 Å². The second kappa shape index (κ2) is 4.31. The summed E-state index contributed by atoms with van der Waals surface area (Å²) in [4.78, 5) is -0.223. The second-order valence-corrected chi connectivity index (χ2v) is 4.09. The van der Waals surface area contributed by atoms with Crippen molar-refractivity contribution in [2.45, 2.75) is 17.5 Å². The zero-order chi connectivity index (χ0) is 10.8. The van der Waals surface area contributed by atoms with E-state index >= 15 is 0 Å². The Labute approximate surface area is 88.2 Å². The molecule has 0 aliphatic carbocycles. The molecule has 14 heavy (non-hydrogen) atoms. The van der Waals surface area contributed by atoms with Gasteiger partial charge in [-0.25, -0.2) is 0 Å². The fourth-order valence-electron chi connectivity index (χ4n) is 1.05. The van der Waals surface area contributed by atoms with Crippen molar-refractivity contribution in [1.82, 2.24) is 0 Å². The molecule has 0 bridgehead atoms. The van der Waals surface area contributed by atoms with Crippen LogP contribution in [-0.2, 0) is 12.6 Å². The molecule has 0 aromatic heterocycles. The van der Waals surface area contributed by atoms with Gasteiger partial charge in [0.05, 0.1) is 10.5 Å². The van der Waals surface area contributed by atoms with Crippen LogP contribution in [0.25, 0.3) is 0 Å². The van der Waals surface area contributed by atoms with Crippen molar-refractivity contribution in [2.75, 3.05) is 0 Å². The SMILES string of the molecule is NC(Br)Cc1ccc(C(F)(F)F)cc1. The van der Waals surface area contributed by atoms with E-state index in [1.54, 1.807) is 0 Å². The average Bonchev–Trinajstić information content (AvgIpc) is 2.02. The maximum absolute atomic E-state index is 12.1. The first-order valence-electron chi connectivity index (χ1n) is 3.95. The van der Waals surface area contributed by atoms with E-state index in [1.807, 2.05) is 0 Å². The van der Waals surface area contributed by atoms with Crippen LogP contribution >= 0.6 is 15.9 Å². The summed E-state index contributed by atoms with van der Waals surface area (Å²) in [6.07, 6.45) is -3.76. The maximum atomic E-state index is 12.1. The summed E-state index contributed by atoms with van der Waals surface area (Å²) in [5.41, 5.74) is 5.59. The van der Waals surface area contributed by atoms with Crippen LogP contribution in [0.5, 0.6) is 0 Å². The standard InChI is InChI=1S/C9H9BrF3N/c10-8(14)5-6-1-3-7(4-2-6)9(11,12)13/h1-4,8H,5,14H2. The zero-order valence-electron chi connectivity index (χ0n) is 7.18. The van der Waals surface area contributed by atoms with Crippen LogP contribution in [-0.4, -0.2) is 4.95 Å². The van der Waals surface area contributed by atoms with Gasteiger partial charge in [0.15, 0.2) is 0 Å². The first-order valence-corrected chi connectivity index (χ1v) is 4.87. The van der Waals surface area contributed by atoms with E-state index in [0.29, 0.717) is 6.42 Å². The van der Waals surface area contributed by atoms with Crippen LogP contribution in [0.4, 0.5) is 13.2 Å². The number of nitrogens with two attached hydrogens (primary N) is 1. The molecule has 0 aliphatic heterocycles. The number of halogens is 4. The largest absolute Gasteiger partial charge is 0.416 e. The summed E-state index contributed by atoms with van der Waals surface area (Å²) in [5, 5.41) is 0. The number of hydrogen-bond acceptors (Lipinski definition) is 1. The summed E-state index contributed by atoms with van der Waals surface area (Å²) in [5.74, 6) is 0. The Bertz CT molecular complexity index is 292. The van der Waals surface area contributed by atoms with E-state index < -0.39 is 11.7 Å². The molecule has 5 heteroatoms. The minimum Gasteiger partial charge on any atom is -0.319 e. The first-order chi connectivity index (χ1) is 6.39. The highest BCUT2D eigenvalue weighted by molar-refractivity contribution is 9.09. The highest BCUT2D eigenvalue weighted by Crippen LogP contribution is 2.29. The van der Waals surface area contributed by atoms with Crippen molar-refractivity contribution in [3.8, 4) is 0 Å². The van der Waals surface area contributed by atoms with E-state index in [1.165, 1.54) is 12.1 Å². The van der Waals surface area contributed by atoms with Gasteiger partial charge >= 0.3 is 6.18 Å². The minimum absolute atomic E-state index is 0.223. The summed E-state index contributed by atoms with van der Waals surface area (Å²) in [7, 11) is 0. The summed E-state index contributed by atoms with van der Waals surface area (Å²) in [6, 6.07) is 4.99. The molecule has 78 valence electrons. The van der Waals surface area contributed by atoms with E-state index in [4.69, 9.17) is 5.73 Å². The van der Waals surface area contributed by atoms with Gasteiger partial charge in [-0.3, -0.25) is 0 Å². The van der Waals surface area contributed by atoms with Gasteiger partial charge in [-0.15, -0.1) is 0 Å². The Balaban J connectivity index is 2.79. The summed E-state index contributed by atoms with van der Waals surface area (Å²) in [6.45, 7) is 0. The molecule has 0 spiro atoms. The third-order valence-electron chi connectivity index (χ3n) is 1.71. The summed E-state index contributed by atoms with van der Waals surface area (Å²) >= 11 is 3.12. The quantitative estimate of drug-likeness (QED) is 0.647. The fourth-order valence-corrected chi connectivity index (χ4v) is 1.43. The van der Waals surface area contributed by atoms with Crippen LogP contribution in [0, 0.1) is 0 Å². The van der Waals surface area contributed by atoms with Gasteiger partial charge in [0.1, 0.15) is 0 Å². The Kier molecular flexibility index (Phi) is 3.55. The molecule has 1 aromatic carbocycles. The Morgan fingerprint density at radius 2 is 1.71 bits per heavy atom. The molecule has 1 rings (SSSR count). The highest BCUT2D eigenvalue weighted by atomic mass is 79.9. The first kappa shape index (κ1) is 11.5. The molecule has 0 saturated heterocycles. The monoisotopic (exact) mass is 267 g/mol. The van der Waals surface area contributed by atoms with Gasteiger partial charge in [0.25, 0.3) is 0 Å². The molecular weight excluding hydrogens is 259 g/mol. The molecular formula is C9H9BrF3N. The lowest BCUT2D eigenvalue weighted by atomic mass is 10.1. The smallest absolute Gasteiger partial charge is 0.319 e. The maximum Gasteiger partial charge on any atom is 0.416 e. The third kappa shape index (κ3) is 3.31. The van der Waals surface area contributed by atoms with Gasteiger partial charge in [-0.2, -0.15) is 13.2 Å². The number of benzene rings is 1. The van der Waals surface area contributed by atoms with Crippen LogP contribution in [0.1, 0.15) is 11.1 Å². The zero-order valence-corrected chi connectivity index (χ0v) is 8.77.